The fourth-order valence-corrected chi connectivity index (χ4v) is 6.99. The summed E-state index contributed by atoms with van der Waals surface area (Å²) in [5, 5.41) is 20.2. The zero-order valence-electron chi connectivity index (χ0n) is 17.6. The molecule has 0 bridgehead atoms. The molecule has 174 valence electrons. The first-order chi connectivity index (χ1) is 15.5. The minimum atomic E-state index is -1.91. The Balaban J connectivity index is 1.76. The van der Waals surface area contributed by atoms with E-state index in [4.69, 9.17) is 27.9 Å². The first-order valence-electron chi connectivity index (χ1n) is 10.3. The highest BCUT2D eigenvalue weighted by atomic mass is 35.5. The molecule has 33 heavy (non-hydrogen) atoms. The number of hydrogen-bond acceptors (Lipinski definition) is 7. The fraction of sp³-hybridized carbons (Fsp3) is 0.455. The Morgan fingerprint density at radius 3 is 2.45 bits per heavy atom. The fourth-order valence-electron chi connectivity index (χ4n) is 5.97. The van der Waals surface area contributed by atoms with Crippen LogP contribution in [0, 0.1) is 17.8 Å². The molecule has 1 saturated carbocycles. The number of phenols is 1. The number of alkyl halides is 2. The van der Waals surface area contributed by atoms with Gasteiger partial charge in [0.2, 0.25) is 0 Å². The van der Waals surface area contributed by atoms with Gasteiger partial charge in [-0.15, -0.1) is 23.2 Å². The monoisotopic (exact) mass is 494 g/mol. The zero-order valence-corrected chi connectivity index (χ0v) is 19.1. The van der Waals surface area contributed by atoms with Crippen LogP contribution < -0.4 is 4.74 Å². The number of methoxy groups -OCH3 is 1. The maximum Gasteiger partial charge on any atom is 0.257 e. The summed E-state index contributed by atoms with van der Waals surface area (Å²) in [7, 11) is 2.66. The second-order valence-electron chi connectivity index (χ2n) is 8.92. The lowest BCUT2D eigenvalue weighted by molar-refractivity contribution is -0.173. The lowest BCUT2D eigenvalue weighted by atomic mass is 9.56. The average molecular weight is 495 g/mol. The minimum Gasteiger partial charge on any atom is -0.504 e. The molecule has 6 atom stereocenters. The van der Waals surface area contributed by atoms with E-state index in [1.165, 1.54) is 26.3 Å². The van der Waals surface area contributed by atoms with E-state index in [2.05, 4.69) is 0 Å². The van der Waals surface area contributed by atoms with Crippen molar-refractivity contribution in [3.8, 4) is 11.5 Å². The molecular formula is C22H20Cl2N2O7. The van der Waals surface area contributed by atoms with E-state index in [9.17, 15) is 29.5 Å². The molecule has 4 amide bonds. The Hall–Kier alpha value is -2.62. The number of ether oxygens (including phenoxy) is 1. The van der Waals surface area contributed by atoms with E-state index in [1.807, 2.05) is 0 Å². The van der Waals surface area contributed by atoms with Gasteiger partial charge in [-0.3, -0.25) is 29.3 Å². The predicted molar refractivity (Wildman–Crippen MR) is 114 cm³/mol. The minimum absolute atomic E-state index is 0.127. The smallest absolute Gasteiger partial charge is 0.257 e. The third-order valence-corrected chi connectivity index (χ3v) is 8.94. The van der Waals surface area contributed by atoms with Gasteiger partial charge in [0.05, 0.1) is 18.9 Å². The first kappa shape index (κ1) is 22.2. The molecule has 0 spiro atoms. The number of halogens is 2. The first-order valence-corrected chi connectivity index (χ1v) is 11.1. The summed E-state index contributed by atoms with van der Waals surface area (Å²) in [6.07, 6.45) is 1.75. The van der Waals surface area contributed by atoms with Crippen LogP contribution in [-0.2, 0) is 19.2 Å². The largest absolute Gasteiger partial charge is 0.504 e. The predicted octanol–water partition coefficient (Wildman–Crippen LogP) is 1.78. The van der Waals surface area contributed by atoms with Crippen molar-refractivity contribution in [2.75, 3.05) is 14.2 Å². The van der Waals surface area contributed by atoms with Crippen LogP contribution in [0.2, 0.25) is 0 Å². The van der Waals surface area contributed by atoms with Crippen molar-refractivity contribution < 1.29 is 34.2 Å². The Morgan fingerprint density at radius 1 is 1.09 bits per heavy atom. The van der Waals surface area contributed by atoms with E-state index in [1.54, 1.807) is 12.1 Å². The van der Waals surface area contributed by atoms with Gasteiger partial charge in [-0.1, -0.05) is 17.7 Å². The van der Waals surface area contributed by atoms with Crippen molar-refractivity contribution >= 4 is 46.8 Å². The second-order valence-corrected chi connectivity index (χ2v) is 10.2. The highest BCUT2D eigenvalue weighted by Crippen LogP contribution is 2.65. The zero-order chi connectivity index (χ0) is 24.0. The molecule has 3 fully saturated rings. The number of amides is 4. The van der Waals surface area contributed by atoms with Crippen molar-refractivity contribution in [2.24, 2.45) is 17.8 Å². The van der Waals surface area contributed by atoms with Crippen LogP contribution in [-0.4, -0.2) is 67.8 Å². The van der Waals surface area contributed by atoms with Crippen LogP contribution in [0.3, 0.4) is 0 Å². The molecule has 2 saturated heterocycles. The molecule has 2 aliphatic heterocycles. The van der Waals surface area contributed by atoms with E-state index >= 15 is 0 Å². The van der Waals surface area contributed by atoms with Crippen molar-refractivity contribution in [1.29, 1.82) is 0 Å². The van der Waals surface area contributed by atoms with Gasteiger partial charge in [0.25, 0.3) is 23.6 Å². The number of likely N-dealkylation sites (tertiary alicyclic amines) is 1. The van der Waals surface area contributed by atoms with Gasteiger partial charge in [-0.2, -0.15) is 5.06 Å². The Morgan fingerprint density at radius 2 is 1.79 bits per heavy atom. The Labute approximate surface area is 198 Å². The van der Waals surface area contributed by atoms with Gasteiger partial charge >= 0.3 is 0 Å². The van der Waals surface area contributed by atoms with Crippen LogP contribution in [0.4, 0.5) is 0 Å². The van der Waals surface area contributed by atoms with Gasteiger partial charge in [0.15, 0.2) is 21.2 Å². The van der Waals surface area contributed by atoms with Gasteiger partial charge in [-0.05, 0) is 36.5 Å². The number of carbonyl (C=O) groups excluding carboxylic acids is 4. The molecule has 4 aliphatic rings. The summed E-state index contributed by atoms with van der Waals surface area (Å²) in [5.74, 6) is -6.25. The van der Waals surface area contributed by atoms with Crippen LogP contribution >= 0.6 is 23.2 Å². The maximum atomic E-state index is 13.4. The third-order valence-electron chi connectivity index (χ3n) is 7.53. The molecule has 2 aliphatic carbocycles. The number of aromatic hydroxyl groups is 1. The molecule has 0 radical (unpaired) electrons. The van der Waals surface area contributed by atoms with Crippen molar-refractivity contribution in [3.05, 3.63) is 35.4 Å². The molecule has 2 heterocycles. The van der Waals surface area contributed by atoms with E-state index in [-0.39, 0.29) is 29.4 Å². The number of nitrogens with zero attached hydrogens (tertiary/aromatic N) is 2. The molecule has 11 heteroatoms. The molecule has 6 unspecified atom stereocenters. The average Bonchev–Trinajstić information content (AvgIpc) is 3.09. The molecule has 0 aromatic heterocycles. The van der Waals surface area contributed by atoms with Crippen LogP contribution in [0.1, 0.15) is 24.3 Å². The van der Waals surface area contributed by atoms with Gasteiger partial charge < -0.3 is 9.84 Å². The van der Waals surface area contributed by atoms with Crippen molar-refractivity contribution in [1.82, 2.24) is 9.96 Å². The summed E-state index contributed by atoms with van der Waals surface area (Å²) in [6, 6.07) is 4.44. The topological polar surface area (TPSA) is 124 Å². The summed E-state index contributed by atoms with van der Waals surface area (Å²) in [6.45, 7) is 0. The third kappa shape index (κ3) is 2.53. The maximum absolute atomic E-state index is 13.4. The molecule has 1 aromatic rings. The van der Waals surface area contributed by atoms with Gasteiger partial charge in [0, 0.05) is 13.0 Å². The summed E-state index contributed by atoms with van der Waals surface area (Å²) < 4.78 is 5.22. The van der Waals surface area contributed by atoms with E-state index < -0.39 is 57.0 Å². The molecule has 5 rings (SSSR count). The van der Waals surface area contributed by atoms with Gasteiger partial charge in [-0.25, -0.2) is 0 Å². The number of phenolic OH excluding ortho intramolecular Hbond substituents is 1. The number of hydrogen-bond donors (Lipinski definition) is 2. The quantitative estimate of drug-likeness (QED) is 0.277. The number of fused-ring (bicyclic) bond motifs is 4. The van der Waals surface area contributed by atoms with Crippen molar-refractivity contribution in [2.45, 2.75) is 28.5 Å². The highest BCUT2D eigenvalue weighted by Gasteiger charge is 2.75. The lowest BCUT2D eigenvalue weighted by Crippen LogP contribution is -2.60. The molecule has 2 N–H and O–H groups in total. The summed E-state index contributed by atoms with van der Waals surface area (Å²) in [4.78, 5) is 48.9. The highest BCUT2D eigenvalue weighted by molar-refractivity contribution is 6.53. The Bertz CT molecular complexity index is 1170. The Kier molecular flexibility index (Phi) is 4.67. The number of rotatable bonds is 2. The number of benzene rings is 1. The van der Waals surface area contributed by atoms with Crippen LogP contribution in [0.25, 0.3) is 0 Å². The summed E-state index contributed by atoms with van der Waals surface area (Å²) in [5.41, 5.74) is 1.04. The summed E-state index contributed by atoms with van der Waals surface area (Å²) >= 11 is 14.0. The van der Waals surface area contributed by atoms with Crippen LogP contribution in [0.15, 0.2) is 29.8 Å². The van der Waals surface area contributed by atoms with Crippen molar-refractivity contribution in [3.63, 3.8) is 0 Å². The second kappa shape index (κ2) is 6.94. The number of imide groups is 2. The molecule has 9 nitrogen and oxygen atoms in total. The number of hydroxylamine groups is 2. The number of allylic oxidation sites excluding steroid dienone is 2. The molecule has 1 aromatic carbocycles. The van der Waals surface area contributed by atoms with E-state index in [0.717, 1.165) is 4.90 Å². The number of carbonyl (C=O) groups is 4. The molecular weight excluding hydrogens is 475 g/mol. The van der Waals surface area contributed by atoms with Crippen LogP contribution in [0.5, 0.6) is 11.5 Å². The standard InChI is InChI=1S/C22H20Cl2N2O7/c1-25-19(30)21(23)8-12-10(4-5-11-15(12)18(29)26(32)17(11)28)16(22(21,24)20(25)31)9-3-6-13(27)14(7-9)33-2/h3-4,6-7,11-12,15-16,27,32H,5,8H2,1-2H3. The normalized spacial score (nSPS) is 37.7. The lowest BCUT2D eigenvalue weighted by Gasteiger charge is -2.50. The van der Waals surface area contributed by atoms with E-state index in [0.29, 0.717) is 11.1 Å². The van der Waals surface area contributed by atoms with Gasteiger partial charge in [0.1, 0.15) is 0 Å². The SMILES string of the molecule is COc1cc(C2C3=CCC4C(=O)N(O)C(=O)C4C3CC3(Cl)C(=O)N(C)C(=O)C23Cl)ccc1O.